The molecule has 98 valence electrons. The van der Waals surface area contributed by atoms with Crippen molar-refractivity contribution in [2.75, 3.05) is 33.3 Å². The Morgan fingerprint density at radius 3 is 2.19 bits per heavy atom. The SMILES string of the molecule is CC(C)N(C)CCCCNCCCCCO. The molecule has 0 atom stereocenters. The van der Waals surface area contributed by atoms with Gasteiger partial charge in [0.15, 0.2) is 0 Å². The van der Waals surface area contributed by atoms with E-state index in [2.05, 4.69) is 31.1 Å². The molecule has 0 fully saturated rings. The van der Waals surface area contributed by atoms with E-state index in [4.69, 9.17) is 5.11 Å². The third-order valence-electron chi connectivity index (χ3n) is 3.01. The van der Waals surface area contributed by atoms with E-state index in [1.165, 1.54) is 25.8 Å². The van der Waals surface area contributed by atoms with E-state index in [1.54, 1.807) is 0 Å². The monoisotopic (exact) mass is 230 g/mol. The third-order valence-corrected chi connectivity index (χ3v) is 3.01. The molecule has 0 aromatic carbocycles. The summed E-state index contributed by atoms with van der Waals surface area (Å²) in [5.74, 6) is 0. The van der Waals surface area contributed by atoms with Gasteiger partial charge in [0.05, 0.1) is 0 Å². The van der Waals surface area contributed by atoms with Crippen molar-refractivity contribution in [3.63, 3.8) is 0 Å². The lowest BCUT2D eigenvalue weighted by atomic mass is 10.2. The standard InChI is InChI=1S/C13H30N2O/c1-13(2)15(3)11-7-6-10-14-9-5-4-8-12-16/h13-14,16H,4-12H2,1-3H3. The van der Waals surface area contributed by atoms with Gasteiger partial charge in [0.1, 0.15) is 0 Å². The average Bonchev–Trinajstić information content (AvgIpc) is 2.26. The highest BCUT2D eigenvalue weighted by atomic mass is 16.2. The van der Waals surface area contributed by atoms with Crippen LogP contribution in [0.25, 0.3) is 0 Å². The number of rotatable bonds is 11. The first-order valence-electron chi connectivity index (χ1n) is 6.70. The fourth-order valence-electron chi connectivity index (χ4n) is 1.53. The van der Waals surface area contributed by atoms with Crippen LogP contribution in [0.1, 0.15) is 46.0 Å². The fraction of sp³-hybridized carbons (Fsp3) is 1.00. The smallest absolute Gasteiger partial charge is 0.0431 e. The molecular weight excluding hydrogens is 200 g/mol. The molecule has 0 rings (SSSR count). The van der Waals surface area contributed by atoms with Crippen molar-refractivity contribution in [1.29, 1.82) is 0 Å². The molecule has 3 nitrogen and oxygen atoms in total. The second kappa shape index (κ2) is 11.4. The van der Waals surface area contributed by atoms with Crippen molar-refractivity contribution in [1.82, 2.24) is 10.2 Å². The summed E-state index contributed by atoms with van der Waals surface area (Å²) in [5.41, 5.74) is 0. The molecule has 0 saturated heterocycles. The summed E-state index contributed by atoms with van der Waals surface area (Å²) in [6, 6.07) is 0.659. The van der Waals surface area contributed by atoms with Gasteiger partial charge in [-0.2, -0.15) is 0 Å². The van der Waals surface area contributed by atoms with Gasteiger partial charge in [0, 0.05) is 12.6 Å². The number of hydrogen-bond donors (Lipinski definition) is 2. The second-order valence-electron chi connectivity index (χ2n) is 4.82. The molecule has 0 spiro atoms. The number of nitrogens with one attached hydrogen (secondary N) is 1. The van der Waals surface area contributed by atoms with Gasteiger partial charge in [-0.05, 0) is 72.6 Å². The van der Waals surface area contributed by atoms with Gasteiger partial charge in [-0.3, -0.25) is 0 Å². The number of nitrogens with zero attached hydrogens (tertiary/aromatic N) is 1. The maximum absolute atomic E-state index is 8.61. The zero-order chi connectivity index (χ0) is 12.2. The van der Waals surface area contributed by atoms with E-state index in [0.717, 1.165) is 25.9 Å². The van der Waals surface area contributed by atoms with Crippen LogP contribution in [0.3, 0.4) is 0 Å². The van der Waals surface area contributed by atoms with Gasteiger partial charge < -0.3 is 15.3 Å². The molecule has 0 aromatic heterocycles. The van der Waals surface area contributed by atoms with Crippen LogP contribution >= 0.6 is 0 Å². The van der Waals surface area contributed by atoms with Gasteiger partial charge in [-0.25, -0.2) is 0 Å². The summed E-state index contributed by atoms with van der Waals surface area (Å²) in [6.07, 6.45) is 5.81. The molecule has 0 aliphatic rings. The summed E-state index contributed by atoms with van der Waals surface area (Å²) in [5, 5.41) is 12.1. The highest BCUT2D eigenvalue weighted by Crippen LogP contribution is 1.97. The van der Waals surface area contributed by atoms with Crippen LogP contribution in [-0.2, 0) is 0 Å². The minimum absolute atomic E-state index is 0.335. The zero-order valence-electron chi connectivity index (χ0n) is 11.3. The lowest BCUT2D eigenvalue weighted by molar-refractivity contribution is 0.267. The molecule has 0 saturated carbocycles. The molecule has 0 radical (unpaired) electrons. The first-order valence-corrected chi connectivity index (χ1v) is 6.70. The van der Waals surface area contributed by atoms with Crippen LogP contribution in [0.4, 0.5) is 0 Å². The second-order valence-corrected chi connectivity index (χ2v) is 4.82. The highest BCUT2D eigenvalue weighted by Gasteiger charge is 2.01. The van der Waals surface area contributed by atoms with Gasteiger partial charge in [0.25, 0.3) is 0 Å². The van der Waals surface area contributed by atoms with E-state index in [9.17, 15) is 0 Å². The van der Waals surface area contributed by atoms with E-state index < -0.39 is 0 Å². The molecule has 0 aliphatic carbocycles. The predicted octanol–water partition coefficient (Wildman–Crippen LogP) is 1.86. The van der Waals surface area contributed by atoms with Gasteiger partial charge in [-0.1, -0.05) is 0 Å². The molecule has 0 heterocycles. The molecule has 0 amide bonds. The molecule has 0 aliphatic heterocycles. The molecule has 16 heavy (non-hydrogen) atoms. The third kappa shape index (κ3) is 10.4. The number of unbranched alkanes of at least 4 members (excludes halogenated alkanes) is 3. The molecule has 0 bridgehead atoms. The van der Waals surface area contributed by atoms with E-state index >= 15 is 0 Å². The van der Waals surface area contributed by atoms with Crippen LogP contribution in [0.2, 0.25) is 0 Å². The number of aliphatic hydroxyl groups is 1. The lowest BCUT2D eigenvalue weighted by Gasteiger charge is -2.20. The Morgan fingerprint density at radius 2 is 1.62 bits per heavy atom. The Morgan fingerprint density at radius 1 is 1.00 bits per heavy atom. The maximum Gasteiger partial charge on any atom is 0.0431 e. The van der Waals surface area contributed by atoms with Crippen LogP contribution in [0, 0.1) is 0 Å². The Bertz CT molecular complexity index is 140. The van der Waals surface area contributed by atoms with Crippen molar-refractivity contribution in [3.05, 3.63) is 0 Å². The number of aliphatic hydroxyl groups excluding tert-OH is 1. The quantitative estimate of drug-likeness (QED) is 0.532. The lowest BCUT2D eigenvalue weighted by Crippen LogP contribution is -2.28. The van der Waals surface area contributed by atoms with Crippen LogP contribution in [-0.4, -0.2) is 49.3 Å². The minimum Gasteiger partial charge on any atom is -0.396 e. The van der Waals surface area contributed by atoms with Crippen molar-refractivity contribution in [2.45, 2.75) is 52.0 Å². The first-order chi connectivity index (χ1) is 7.68. The topological polar surface area (TPSA) is 35.5 Å². The van der Waals surface area contributed by atoms with Crippen LogP contribution in [0.15, 0.2) is 0 Å². The van der Waals surface area contributed by atoms with Gasteiger partial charge in [0.2, 0.25) is 0 Å². The van der Waals surface area contributed by atoms with Crippen molar-refractivity contribution in [2.24, 2.45) is 0 Å². The summed E-state index contributed by atoms with van der Waals surface area (Å²) in [6.45, 7) is 8.23. The van der Waals surface area contributed by atoms with Crippen molar-refractivity contribution < 1.29 is 5.11 Å². The molecular formula is C13H30N2O. The molecule has 0 aromatic rings. The minimum atomic E-state index is 0.335. The molecule has 0 unspecified atom stereocenters. The zero-order valence-corrected chi connectivity index (χ0v) is 11.3. The predicted molar refractivity (Wildman–Crippen MR) is 70.8 cm³/mol. The summed E-state index contributed by atoms with van der Waals surface area (Å²) >= 11 is 0. The van der Waals surface area contributed by atoms with Crippen molar-refractivity contribution in [3.8, 4) is 0 Å². The largest absolute Gasteiger partial charge is 0.396 e. The van der Waals surface area contributed by atoms with Gasteiger partial charge >= 0.3 is 0 Å². The van der Waals surface area contributed by atoms with Crippen LogP contribution < -0.4 is 5.32 Å². The van der Waals surface area contributed by atoms with Gasteiger partial charge in [-0.15, -0.1) is 0 Å². The molecule has 2 N–H and O–H groups in total. The van der Waals surface area contributed by atoms with Crippen molar-refractivity contribution >= 4 is 0 Å². The average molecular weight is 230 g/mol. The van der Waals surface area contributed by atoms with E-state index in [0.29, 0.717) is 12.6 Å². The first kappa shape index (κ1) is 15.9. The van der Waals surface area contributed by atoms with E-state index in [-0.39, 0.29) is 0 Å². The summed E-state index contributed by atoms with van der Waals surface area (Å²) in [4.78, 5) is 2.39. The normalized spacial score (nSPS) is 11.6. The van der Waals surface area contributed by atoms with Crippen LogP contribution in [0.5, 0.6) is 0 Å². The Kier molecular flexibility index (Phi) is 11.3. The fourth-order valence-corrected chi connectivity index (χ4v) is 1.53. The van der Waals surface area contributed by atoms with E-state index in [1.807, 2.05) is 0 Å². The summed E-state index contributed by atoms with van der Waals surface area (Å²) < 4.78 is 0. The number of hydrogen-bond acceptors (Lipinski definition) is 3. The highest BCUT2D eigenvalue weighted by molar-refractivity contribution is 4.57. The summed E-state index contributed by atoms with van der Waals surface area (Å²) in [7, 11) is 2.19. The molecule has 3 heteroatoms. The Hall–Kier alpha value is -0.120. The Labute approximate surface area is 101 Å². The Balaban J connectivity index is 3.04. The maximum atomic E-state index is 8.61.